The number of aryl methyl sites for hydroxylation is 1. The summed E-state index contributed by atoms with van der Waals surface area (Å²) in [6, 6.07) is 4.96. The molecule has 1 aliphatic heterocycles. The van der Waals surface area contributed by atoms with Gasteiger partial charge in [-0.25, -0.2) is 0 Å². The SMILES string of the molecule is O=C(CCc1ccc(C(F)(F)F)cc1)N1CCC(Oc2nncs2)CC1. The van der Waals surface area contributed by atoms with Crippen LogP contribution in [0.5, 0.6) is 5.19 Å². The maximum Gasteiger partial charge on any atom is 0.416 e. The Bertz CT molecular complexity index is 712. The lowest BCUT2D eigenvalue weighted by molar-refractivity contribution is -0.137. The van der Waals surface area contributed by atoms with Gasteiger partial charge in [0, 0.05) is 32.4 Å². The van der Waals surface area contributed by atoms with Gasteiger partial charge in [0.2, 0.25) is 5.91 Å². The van der Waals surface area contributed by atoms with Gasteiger partial charge in [-0.1, -0.05) is 23.5 Å². The van der Waals surface area contributed by atoms with Gasteiger partial charge < -0.3 is 9.64 Å². The minimum atomic E-state index is -4.34. The molecule has 3 rings (SSSR count). The van der Waals surface area contributed by atoms with E-state index in [1.54, 1.807) is 10.4 Å². The van der Waals surface area contributed by atoms with Crippen LogP contribution in [-0.4, -0.2) is 40.2 Å². The molecule has 5 nitrogen and oxygen atoms in total. The zero-order valence-electron chi connectivity index (χ0n) is 13.9. The fourth-order valence-corrected chi connectivity index (χ4v) is 3.32. The summed E-state index contributed by atoms with van der Waals surface area (Å²) in [6.07, 6.45) is -2.14. The number of halogens is 3. The number of aromatic nitrogens is 2. The van der Waals surface area contributed by atoms with E-state index in [1.165, 1.54) is 23.5 Å². The van der Waals surface area contributed by atoms with Crippen LogP contribution in [0, 0.1) is 0 Å². The summed E-state index contributed by atoms with van der Waals surface area (Å²) < 4.78 is 43.4. The van der Waals surface area contributed by atoms with Gasteiger partial charge in [0.05, 0.1) is 5.56 Å². The molecule has 1 aromatic heterocycles. The molecule has 0 spiro atoms. The summed E-state index contributed by atoms with van der Waals surface area (Å²) >= 11 is 1.34. The molecule has 2 heterocycles. The van der Waals surface area contributed by atoms with Crippen molar-refractivity contribution in [1.82, 2.24) is 15.1 Å². The van der Waals surface area contributed by atoms with Crippen LogP contribution in [0.1, 0.15) is 30.4 Å². The first-order chi connectivity index (χ1) is 12.4. The van der Waals surface area contributed by atoms with E-state index in [0.717, 1.165) is 30.5 Å². The molecule has 1 fully saturated rings. The van der Waals surface area contributed by atoms with Gasteiger partial charge in [-0.05, 0) is 24.1 Å². The molecular weight excluding hydrogens is 367 g/mol. The Kier molecular flexibility index (Phi) is 5.75. The van der Waals surface area contributed by atoms with E-state index in [9.17, 15) is 18.0 Å². The van der Waals surface area contributed by atoms with E-state index in [4.69, 9.17) is 4.74 Å². The highest BCUT2D eigenvalue weighted by atomic mass is 32.1. The van der Waals surface area contributed by atoms with Crippen LogP contribution in [0.2, 0.25) is 0 Å². The number of nitrogens with zero attached hydrogens (tertiary/aromatic N) is 3. The van der Waals surface area contributed by atoms with E-state index < -0.39 is 11.7 Å². The number of ether oxygens (including phenoxy) is 1. The molecule has 140 valence electrons. The van der Waals surface area contributed by atoms with Crippen LogP contribution < -0.4 is 4.74 Å². The summed E-state index contributed by atoms with van der Waals surface area (Å²) in [5, 5.41) is 8.10. The van der Waals surface area contributed by atoms with Gasteiger partial charge in [-0.3, -0.25) is 4.79 Å². The predicted molar refractivity (Wildman–Crippen MR) is 89.9 cm³/mol. The summed E-state index contributed by atoms with van der Waals surface area (Å²) in [7, 11) is 0. The Labute approximate surface area is 152 Å². The predicted octanol–water partition coefficient (Wildman–Crippen LogP) is 3.56. The van der Waals surface area contributed by atoms with E-state index in [1.807, 2.05) is 0 Å². The monoisotopic (exact) mass is 385 g/mol. The summed E-state index contributed by atoms with van der Waals surface area (Å²) in [5.74, 6) is 0.0132. The topological polar surface area (TPSA) is 55.3 Å². The molecule has 0 bridgehead atoms. The minimum Gasteiger partial charge on any atom is -0.465 e. The molecule has 1 amide bonds. The Morgan fingerprint density at radius 2 is 1.92 bits per heavy atom. The van der Waals surface area contributed by atoms with Gasteiger partial charge >= 0.3 is 6.18 Å². The fourth-order valence-electron chi connectivity index (χ4n) is 2.85. The minimum absolute atomic E-state index is 0.0132. The zero-order chi connectivity index (χ0) is 18.6. The highest BCUT2D eigenvalue weighted by Crippen LogP contribution is 2.29. The van der Waals surface area contributed by atoms with Crippen molar-refractivity contribution in [2.75, 3.05) is 13.1 Å². The average molecular weight is 385 g/mol. The third kappa shape index (κ3) is 4.94. The second-order valence-electron chi connectivity index (χ2n) is 6.10. The first-order valence-electron chi connectivity index (χ1n) is 8.28. The Morgan fingerprint density at radius 1 is 1.23 bits per heavy atom. The van der Waals surface area contributed by atoms with Crippen LogP contribution in [0.3, 0.4) is 0 Å². The first-order valence-corrected chi connectivity index (χ1v) is 9.16. The number of alkyl halides is 3. The van der Waals surface area contributed by atoms with E-state index in [0.29, 0.717) is 24.7 Å². The van der Waals surface area contributed by atoms with Crippen LogP contribution >= 0.6 is 11.3 Å². The maximum absolute atomic E-state index is 12.5. The number of hydrogen-bond acceptors (Lipinski definition) is 5. The van der Waals surface area contributed by atoms with Crippen molar-refractivity contribution in [3.05, 3.63) is 40.9 Å². The number of amides is 1. The normalized spacial score (nSPS) is 15.9. The molecule has 0 saturated carbocycles. The fraction of sp³-hybridized carbons (Fsp3) is 0.471. The summed E-state index contributed by atoms with van der Waals surface area (Å²) in [4.78, 5) is 14.1. The highest BCUT2D eigenvalue weighted by molar-refractivity contribution is 7.11. The third-order valence-electron chi connectivity index (χ3n) is 4.31. The molecule has 1 saturated heterocycles. The number of piperidine rings is 1. The van der Waals surface area contributed by atoms with Crippen molar-refractivity contribution in [3.63, 3.8) is 0 Å². The van der Waals surface area contributed by atoms with Crippen molar-refractivity contribution >= 4 is 17.2 Å². The number of carbonyl (C=O) groups is 1. The Balaban J connectivity index is 1.43. The van der Waals surface area contributed by atoms with E-state index in [-0.39, 0.29) is 18.4 Å². The molecule has 0 atom stereocenters. The van der Waals surface area contributed by atoms with Gasteiger partial charge in [-0.15, -0.1) is 10.2 Å². The molecule has 1 aliphatic rings. The Morgan fingerprint density at radius 3 is 2.50 bits per heavy atom. The molecule has 0 N–H and O–H groups in total. The third-order valence-corrected chi connectivity index (χ3v) is 4.89. The number of hydrogen-bond donors (Lipinski definition) is 0. The van der Waals surface area contributed by atoms with Crippen molar-refractivity contribution < 1.29 is 22.7 Å². The summed E-state index contributed by atoms with van der Waals surface area (Å²) in [6.45, 7) is 1.21. The van der Waals surface area contributed by atoms with Crippen molar-refractivity contribution in [3.8, 4) is 5.19 Å². The van der Waals surface area contributed by atoms with Crippen LogP contribution in [-0.2, 0) is 17.4 Å². The van der Waals surface area contributed by atoms with Gasteiger partial charge in [0.25, 0.3) is 5.19 Å². The smallest absolute Gasteiger partial charge is 0.416 e. The lowest BCUT2D eigenvalue weighted by Crippen LogP contribution is -2.41. The molecule has 2 aromatic rings. The van der Waals surface area contributed by atoms with Crippen LogP contribution in [0.25, 0.3) is 0 Å². The maximum atomic E-state index is 12.5. The van der Waals surface area contributed by atoms with Crippen molar-refractivity contribution in [1.29, 1.82) is 0 Å². The molecule has 0 unspecified atom stereocenters. The van der Waals surface area contributed by atoms with E-state index in [2.05, 4.69) is 10.2 Å². The molecule has 9 heteroatoms. The highest BCUT2D eigenvalue weighted by Gasteiger charge is 2.30. The van der Waals surface area contributed by atoms with Crippen molar-refractivity contribution in [2.24, 2.45) is 0 Å². The van der Waals surface area contributed by atoms with Crippen molar-refractivity contribution in [2.45, 2.75) is 38.0 Å². The molecular formula is C17H18F3N3O2S. The second kappa shape index (κ2) is 8.03. The molecule has 0 radical (unpaired) electrons. The average Bonchev–Trinajstić information content (AvgIpc) is 3.13. The standard InChI is InChI=1S/C17H18F3N3O2S/c18-17(19,20)13-4-1-12(2-5-13)3-6-15(24)23-9-7-14(8-10-23)25-16-22-21-11-26-16/h1-2,4-5,11,14H,3,6-10H2. The summed E-state index contributed by atoms with van der Waals surface area (Å²) in [5.41, 5.74) is 1.65. The second-order valence-corrected chi connectivity index (χ2v) is 6.89. The molecule has 26 heavy (non-hydrogen) atoms. The lowest BCUT2D eigenvalue weighted by atomic mass is 10.0. The quantitative estimate of drug-likeness (QED) is 0.790. The van der Waals surface area contributed by atoms with Gasteiger partial charge in [-0.2, -0.15) is 13.2 Å². The van der Waals surface area contributed by atoms with Crippen LogP contribution in [0.15, 0.2) is 29.8 Å². The zero-order valence-corrected chi connectivity index (χ0v) is 14.7. The first kappa shape index (κ1) is 18.6. The number of benzene rings is 1. The largest absolute Gasteiger partial charge is 0.465 e. The number of carbonyl (C=O) groups excluding carboxylic acids is 1. The molecule has 1 aromatic carbocycles. The van der Waals surface area contributed by atoms with Gasteiger partial charge in [0.15, 0.2) is 0 Å². The number of likely N-dealkylation sites (tertiary alicyclic amines) is 1. The lowest BCUT2D eigenvalue weighted by Gasteiger charge is -2.31. The van der Waals surface area contributed by atoms with E-state index >= 15 is 0 Å². The Hall–Kier alpha value is -2.16. The van der Waals surface area contributed by atoms with Gasteiger partial charge in [0.1, 0.15) is 11.6 Å². The van der Waals surface area contributed by atoms with Crippen LogP contribution in [0.4, 0.5) is 13.2 Å². The molecule has 0 aliphatic carbocycles. The number of rotatable bonds is 5.